The lowest BCUT2D eigenvalue weighted by molar-refractivity contribution is -0.142. The van der Waals surface area contributed by atoms with Gasteiger partial charge in [0.25, 0.3) is 5.91 Å². The van der Waals surface area contributed by atoms with E-state index in [-0.39, 0.29) is 37.9 Å². The monoisotopic (exact) mass is 513 g/mol. The van der Waals surface area contributed by atoms with Crippen LogP contribution in [0.5, 0.6) is 11.5 Å². The molecule has 1 heterocycles. The normalized spacial score (nSPS) is 13.9. The summed E-state index contributed by atoms with van der Waals surface area (Å²) < 4.78 is 15.7. The molecule has 198 valence electrons. The predicted octanol–water partition coefficient (Wildman–Crippen LogP) is 1.90. The molecule has 1 atom stereocenters. The summed E-state index contributed by atoms with van der Waals surface area (Å²) in [6.07, 6.45) is -1.02. The highest BCUT2D eigenvalue weighted by Gasteiger charge is 2.27. The number of aliphatic carboxylic acids is 1. The molecule has 11 heteroatoms. The molecule has 0 aromatic heterocycles. The van der Waals surface area contributed by atoms with Crippen molar-refractivity contribution in [2.75, 3.05) is 39.9 Å². The standard InChI is InChI=1S/C26H31N3O8/c1-35-20-8-5-9-21(16-20)36-18-24(31)29-14-12-28(13-15-29)23(30)11-10-22(25(32)33)27-26(34)37-17-19-6-3-2-4-7-19/h2-9,16,22H,10-15,17-18H2,1H3,(H,27,34)(H,32,33)/t22-/m0/s1. The summed E-state index contributed by atoms with van der Waals surface area (Å²) in [6.45, 7) is 1.22. The second kappa shape index (κ2) is 13.7. The van der Waals surface area contributed by atoms with Crippen molar-refractivity contribution in [1.82, 2.24) is 15.1 Å². The topological polar surface area (TPSA) is 135 Å². The summed E-state index contributed by atoms with van der Waals surface area (Å²) >= 11 is 0. The van der Waals surface area contributed by atoms with Crippen LogP contribution in [0.15, 0.2) is 54.6 Å². The highest BCUT2D eigenvalue weighted by Crippen LogP contribution is 2.19. The third-order valence-corrected chi connectivity index (χ3v) is 5.84. The van der Waals surface area contributed by atoms with Gasteiger partial charge in [0, 0.05) is 38.7 Å². The summed E-state index contributed by atoms with van der Waals surface area (Å²) in [6, 6.07) is 14.7. The van der Waals surface area contributed by atoms with E-state index in [1.54, 1.807) is 65.4 Å². The molecule has 37 heavy (non-hydrogen) atoms. The zero-order valence-corrected chi connectivity index (χ0v) is 20.6. The van der Waals surface area contributed by atoms with Gasteiger partial charge in [0.2, 0.25) is 5.91 Å². The van der Waals surface area contributed by atoms with Crippen LogP contribution in [0.2, 0.25) is 0 Å². The second-order valence-electron chi connectivity index (χ2n) is 8.36. The fraction of sp³-hybridized carbons (Fsp3) is 0.385. The fourth-order valence-corrected chi connectivity index (χ4v) is 3.72. The van der Waals surface area contributed by atoms with Crippen molar-refractivity contribution in [2.24, 2.45) is 0 Å². The van der Waals surface area contributed by atoms with E-state index >= 15 is 0 Å². The number of rotatable bonds is 11. The number of hydrogen-bond acceptors (Lipinski definition) is 7. The van der Waals surface area contributed by atoms with Crippen molar-refractivity contribution < 1.29 is 38.5 Å². The zero-order chi connectivity index (χ0) is 26.6. The number of hydrogen-bond donors (Lipinski definition) is 2. The number of carbonyl (C=O) groups excluding carboxylic acids is 3. The van der Waals surface area contributed by atoms with E-state index < -0.39 is 18.1 Å². The first-order valence-corrected chi connectivity index (χ1v) is 11.9. The largest absolute Gasteiger partial charge is 0.497 e. The number of ether oxygens (including phenoxy) is 3. The molecule has 2 aromatic rings. The molecule has 1 fully saturated rings. The van der Waals surface area contributed by atoms with E-state index in [0.717, 1.165) is 5.56 Å². The van der Waals surface area contributed by atoms with Gasteiger partial charge in [0.05, 0.1) is 7.11 Å². The van der Waals surface area contributed by atoms with E-state index in [1.165, 1.54) is 0 Å². The molecule has 0 spiro atoms. The maximum absolute atomic E-state index is 12.6. The van der Waals surface area contributed by atoms with Crippen LogP contribution in [-0.2, 0) is 25.7 Å². The van der Waals surface area contributed by atoms with Gasteiger partial charge in [-0.1, -0.05) is 36.4 Å². The van der Waals surface area contributed by atoms with Crippen LogP contribution in [0.3, 0.4) is 0 Å². The average molecular weight is 514 g/mol. The molecule has 11 nitrogen and oxygen atoms in total. The lowest BCUT2D eigenvalue weighted by atomic mass is 10.1. The molecule has 1 saturated heterocycles. The molecule has 2 aromatic carbocycles. The summed E-state index contributed by atoms with van der Waals surface area (Å²) in [5.41, 5.74) is 0.768. The van der Waals surface area contributed by atoms with Crippen LogP contribution in [0.25, 0.3) is 0 Å². The predicted molar refractivity (Wildman–Crippen MR) is 132 cm³/mol. The molecular formula is C26H31N3O8. The third kappa shape index (κ3) is 8.71. The number of nitrogens with zero attached hydrogens (tertiary/aromatic N) is 2. The van der Waals surface area contributed by atoms with Gasteiger partial charge in [0.1, 0.15) is 24.1 Å². The summed E-state index contributed by atoms with van der Waals surface area (Å²) in [5, 5.41) is 11.7. The maximum Gasteiger partial charge on any atom is 0.408 e. The first-order valence-electron chi connectivity index (χ1n) is 11.9. The fourth-order valence-electron chi connectivity index (χ4n) is 3.72. The van der Waals surface area contributed by atoms with Crippen LogP contribution in [0.4, 0.5) is 4.79 Å². The zero-order valence-electron chi connectivity index (χ0n) is 20.6. The number of benzene rings is 2. The number of carboxylic acid groups (broad SMARTS) is 1. The molecule has 3 amide bonds. The van der Waals surface area contributed by atoms with Gasteiger partial charge in [0.15, 0.2) is 6.61 Å². The van der Waals surface area contributed by atoms with Crippen molar-refractivity contribution in [2.45, 2.75) is 25.5 Å². The van der Waals surface area contributed by atoms with Crippen molar-refractivity contribution in [3.63, 3.8) is 0 Å². The van der Waals surface area contributed by atoms with Crippen LogP contribution in [-0.4, -0.2) is 84.7 Å². The molecule has 2 N–H and O–H groups in total. The van der Waals surface area contributed by atoms with E-state index in [4.69, 9.17) is 14.2 Å². The Morgan fingerprint density at radius 2 is 1.57 bits per heavy atom. The van der Waals surface area contributed by atoms with Gasteiger partial charge >= 0.3 is 12.1 Å². The molecule has 1 aliphatic rings. The average Bonchev–Trinajstić information content (AvgIpc) is 2.93. The van der Waals surface area contributed by atoms with Crippen LogP contribution in [0.1, 0.15) is 18.4 Å². The SMILES string of the molecule is COc1cccc(OCC(=O)N2CCN(C(=O)CC[C@H](NC(=O)OCc3ccccc3)C(=O)O)CC2)c1. The first-order chi connectivity index (χ1) is 17.9. The van der Waals surface area contributed by atoms with Crippen LogP contribution < -0.4 is 14.8 Å². The van der Waals surface area contributed by atoms with Crippen molar-refractivity contribution >= 4 is 23.9 Å². The molecule has 0 aliphatic carbocycles. The van der Waals surface area contributed by atoms with E-state index in [2.05, 4.69) is 5.32 Å². The second-order valence-corrected chi connectivity index (χ2v) is 8.36. The minimum absolute atomic E-state index is 0.00548. The number of amides is 3. The Kier molecular flexibility index (Phi) is 10.1. The first kappa shape index (κ1) is 27.3. The molecule has 1 aliphatic heterocycles. The Balaban J connectivity index is 1.37. The summed E-state index contributed by atoms with van der Waals surface area (Å²) in [7, 11) is 1.55. The number of carboxylic acids is 1. The Morgan fingerprint density at radius 1 is 0.919 bits per heavy atom. The number of methoxy groups -OCH3 is 1. The van der Waals surface area contributed by atoms with Gasteiger partial charge in [-0.15, -0.1) is 0 Å². The molecule has 0 radical (unpaired) electrons. The van der Waals surface area contributed by atoms with Crippen LogP contribution >= 0.6 is 0 Å². The summed E-state index contributed by atoms with van der Waals surface area (Å²) in [5.74, 6) is -0.547. The highest BCUT2D eigenvalue weighted by molar-refractivity contribution is 5.82. The smallest absolute Gasteiger partial charge is 0.408 e. The van der Waals surface area contributed by atoms with Crippen molar-refractivity contribution in [1.29, 1.82) is 0 Å². The van der Waals surface area contributed by atoms with Gasteiger partial charge in [-0.25, -0.2) is 9.59 Å². The molecule has 0 bridgehead atoms. The minimum Gasteiger partial charge on any atom is -0.497 e. The molecule has 0 unspecified atom stereocenters. The van der Waals surface area contributed by atoms with E-state index in [0.29, 0.717) is 37.7 Å². The number of alkyl carbamates (subject to hydrolysis) is 1. The molecule has 3 rings (SSSR count). The van der Waals surface area contributed by atoms with E-state index in [1.807, 2.05) is 6.07 Å². The Bertz CT molecular complexity index is 1070. The number of nitrogens with one attached hydrogen (secondary N) is 1. The third-order valence-electron chi connectivity index (χ3n) is 5.84. The van der Waals surface area contributed by atoms with Gasteiger partial charge in [-0.2, -0.15) is 0 Å². The van der Waals surface area contributed by atoms with Gasteiger partial charge < -0.3 is 34.4 Å². The molecular weight excluding hydrogens is 482 g/mol. The number of piperazine rings is 1. The lowest BCUT2D eigenvalue weighted by Gasteiger charge is -2.35. The Hall–Kier alpha value is -4.28. The lowest BCUT2D eigenvalue weighted by Crippen LogP contribution is -2.52. The maximum atomic E-state index is 12.6. The van der Waals surface area contributed by atoms with Gasteiger partial charge in [-0.3, -0.25) is 9.59 Å². The van der Waals surface area contributed by atoms with E-state index in [9.17, 15) is 24.3 Å². The Labute approximate surface area is 214 Å². The van der Waals surface area contributed by atoms with Crippen molar-refractivity contribution in [3.05, 3.63) is 60.2 Å². The highest BCUT2D eigenvalue weighted by atomic mass is 16.5. The minimum atomic E-state index is -1.26. The van der Waals surface area contributed by atoms with Crippen molar-refractivity contribution in [3.8, 4) is 11.5 Å². The van der Waals surface area contributed by atoms with Crippen LogP contribution in [0, 0.1) is 0 Å². The Morgan fingerprint density at radius 3 is 2.22 bits per heavy atom. The number of carbonyl (C=O) groups is 4. The van der Waals surface area contributed by atoms with Gasteiger partial charge in [-0.05, 0) is 24.1 Å². The summed E-state index contributed by atoms with van der Waals surface area (Å²) in [4.78, 5) is 51.9. The molecule has 0 saturated carbocycles. The quantitative estimate of drug-likeness (QED) is 0.465.